The number of nitrogens with zero attached hydrogens (tertiary/aromatic N) is 4. The normalized spacial score (nSPS) is 11.2. The van der Waals surface area contributed by atoms with Gasteiger partial charge in [0.25, 0.3) is 0 Å². The third-order valence-corrected chi connectivity index (χ3v) is 3.47. The highest BCUT2D eigenvalue weighted by molar-refractivity contribution is 5.88. The Morgan fingerprint density at radius 3 is 2.65 bits per heavy atom. The first-order valence-electron chi connectivity index (χ1n) is 6.66. The van der Waals surface area contributed by atoms with Gasteiger partial charge >= 0.3 is 0 Å². The van der Waals surface area contributed by atoms with E-state index >= 15 is 0 Å². The third kappa shape index (κ3) is 1.88. The Balaban J connectivity index is 2.23. The van der Waals surface area contributed by atoms with Gasteiger partial charge in [-0.3, -0.25) is 0 Å². The van der Waals surface area contributed by atoms with Crippen LogP contribution >= 0.6 is 0 Å². The summed E-state index contributed by atoms with van der Waals surface area (Å²) in [4.78, 5) is 0. The molecule has 0 unspecified atom stereocenters. The van der Waals surface area contributed by atoms with Crippen LogP contribution in [-0.4, -0.2) is 14.3 Å². The number of fused-ring (bicyclic) bond motifs is 1. The molecule has 0 radical (unpaired) electrons. The molecule has 4 heteroatoms. The van der Waals surface area contributed by atoms with E-state index in [2.05, 4.69) is 35.6 Å². The fourth-order valence-electron chi connectivity index (χ4n) is 2.46. The summed E-state index contributed by atoms with van der Waals surface area (Å²) in [7, 11) is 0. The highest BCUT2D eigenvalue weighted by atomic mass is 15.3. The molecule has 0 saturated carbocycles. The molecule has 0 aliphatic carbocycles. The maximum absolute atomic E-state index is 9.31. The van der Waals surface area contributed by atoms with Gasteiger partial charge in [0.2, 0.25) is 0 Å². The summed E-state index contributed by atoms with van der Waals surface area (Å²) < 4.78 is 3.97. The molecule has 2 aromatic heterocycles. The van der Waals surface area contributed by atoms with Crippen LogP contribution in [0.25, 0.3) is 16.6 Å². The summed E-state index contributed by atoms with van der Waals surface area (Å²) in [6.07, 6.45) is 5.73. The standard InChI is InChI=1S/C16H16N4/c1-11(2)19-10-13(7-17)15-6-14(4-5-16(15)19)20-9-12(3)8-18-20/h4-6,8-11H,1-3H3. The van der Waals surface area contributed by atoms with Crippen molar-refractivity contribution in [1.82, 2.24) is 14.3 Å². The Morgan fingerprint density at radius 2 is 2.05 bits per heavy atom. The van der Waals surface area contributed by atoms with Crippen LogP contribution < -0.4 is 0 Å². The van der Waals surface area contributed by atoms with E-state index in [0.717, 1.165) is 22.2 Å². The average Bonchev–Trinajstić information content (AvgIpc) is 3.01. The van der Waals surface area contributed by atoms with E-state index in [1.807, 2.05) is 42.3 Å². The van der Waals surface area contributed by atoms with Gasteiger partial charge in [-0.15, -0.1) is 0 Å². The molecule has 0 bridgehead atoms. The number of rotatable bonds is 2. The fourth-order valence-corrected chi connectivity index (χ4v) is 2.46. The second kappa shape index (κ2) is 4.53. The highest BCUT2D eigenvalue weighted by Gasteiger charge is 2.11. The zero-order chi connectivity index (χ0) is 14.3. The molecule has 0 spiro atoms. The Labute approximate surface area is 117 Å². The molecule has 100 valence electrons. The maximum Gasteiger partial charge on any atom is 0.101 e. The average molecular weight is 264 g/mol. The van der Waals surface area contributed by atoms with Crippen molar-refractivity contribution < 1.29 is 0 Å². The van der Waals surface area contributed by atoms with Crippen LogP contribution in [0.3, 0.4) is 0 Å². The van der Waals surface area contributed by atoms with Crippen LogP contribution in [0.1, 0.15) is 31.0 Å². The van der Waals surface area contributed by atoms with E-state index in [9.17, 15) is 5.26 Å². The Bertz CT molecular complexity index is 815. The lowest BCUT2D eigenvalue weighted by atomic mass is 10.1. The minimum Gasteiger partial charge on any atom is -0.344 e. The molecule has 0 atom stereocenters. The van der Waals surface area contributed by atoms with E-state index in [1.165, 1.54) is 0 Å². The van der Waals surface area contributed by atoms with Crippen LogP contribution in [0.2, 0.25) is 0 Å². The molecule has 2 heterocycles. The van der Waals surface area contributed by atoms with Gasteiger partial charge in [-0.2, -0.15) is 10.4 Å². The van der Waals surface area contributed by atoms with Crippen LogP contribution in [-0.2, 0) is 0 Å². The van der Waals surface area contributed by atoms with Gasteiger partial charge in [0.05, 0.1) is 17.4 Å². The molecular weight excluding hydrogens is 248 g/mol. The van der Waals surface area contributed by atoms with E-state index in [-0.39, 0.29) is 0 Å². The molecule has 20 heavy (non-hydrogen) atoms. The second-order valence-corrected chi connectivity index (χ2v) is 5.32. The van der Waals surface area contributed by atoms with Gasteiger partial charge in [-0.05, 0) is 44.5 Å². The number of aryl methyl sites for hydroxylation is 1. The smallest absolute Gasteiger partial charge is 0.101 e. The van der Waals surface area contributed by atoms with Crippen molar-refractivity contribution in [2.45, 2.75) is 26.8 Å². The van der Waals surface area contributed by atoms with Gasteiger partial charge in [-0.25, -0.2) is 4.68 Å². The first-order valence-corrected chi connectivity index (χ1v) is 6.66. The molecule has 3 rings (SSSR count). The van der Waals surface area contributed by atoms with Crippen molar-refractivity contribution in [2.24, 2.45) is 0 Å². The molecule has 0 saturated heterocycles. The number of aromatic nitrogens is 3. The quantitative estimate of drug-likeness (QED) is 0.710. The molecule has 1 aromatic carbocycles. The van der Waals surface area contributed by atoms with Crippen LogP contribution in [0.4, 0.5) is 0 Å². The van der Waals surface area contributed by atoms with Gasteiger partial charge in [0.1, 0.15) is 6.07 Å². The van der Waals surface area contributed by atoms with Crippen molar-refractivity contribution in [3.8, 4) is 11.8 Å². The molecular formula is C16H16N4. The monoisotopic (exact) mass is 264 g/mol. The van der Waals surface area contributed by atoms with Gasteiger partial charge in [0.15, 0.2) is 0 Å². The van der Waals surface area contributed by atoms with Crippen molar-refractivity contribution >= 4 is 10.9 Å². The zero-order valence-corrected chi connectivity index (χ0v) is 11.8. The van der Waals surface area contributed by atoms with Crippen LogP contribution in [0, 0.1) is 18.3 Å². The summed E-state index contributed by atoms with van der Waals surface area (Å²) in [5.74, 6) is 0. The summed E-state index contributed by atoms with van der Waals surface area (Å²) in [6, 6.07) is 8.73. The SMILES string of the molecule is Cc1cnn(-c2ccc3c(c2)c(C#N)cn3C(C)C)c1. The number of hydrogen-bond donors (Lipinski definition) is 0. The molecule has 0 fully saturated rings. The first kappa shape index (κ1) is 12.5. The lowest BCUT2D eigenvalue weighted by Gasteiger charge is -2.09. The Hall–Kier alpha value is -2.54. The lowest BCUT2D eigenvalue weighted by molar-refractivity contribution is 0.622. The Morgan fingerprint density at radius 1 is 1.25 bits per heavy atom. The van der Waals surface area contributed by atoms with Crippen molar-refractivity contribution in [3.05, 3.63) is 47.9 Å². The lowest BCUT2D eigenvalue weighted by Crippen LogP contribution is -1.98. The minimum absolute atomic E-state index is 0.331. The second-order valence-electron chi connectivity index (χ2n) is 5.32. The molecule has 0 aliphatic heterocycles. The van der Waals surface area contributed by atoms with E-state index in [0.29, 0.717) is 11.6 Å². The third-order valence-electron chi connectivity index (χ3n) is 3.47. The largest absolute Gasteiger partial charge is 0.344 e. The summed E-state index contributed by atoms with van der Waals surface area (Å²) >= 11 is 0. The van der Waals surface area contributed by atoms with E-state index in [1.54, 1.807) is 0 Å². The zero-order valence-electron chi connectivity index (χ0n) is 11.8. The summed E-state index contributed by atoms with van der Waals surface area (Å²) in [5, 5.41) is 14.6. The van der Waals surface area contributed by atoms with E-state index in [4.69, 9.17) is 0 Å². The van der Waals surface area contributed by atoms with Gasteiger partial charge in [0, 0.05) is 29.3 Å². The number of hydrogen-bond acceptors (Lipinski definition) is 2. The van der Waals surface area contributed by atoms with Crippen molar-refractivity contribution in [2.75, 3.05) is 0 Å². The maximum atomic E-state index is 9.31. The van der Waals surface area contributed by atoms with Crippen molar-refractivity contribution in [3.63, 3.8) is 0 Å². The highest BCUT2D eigenvalue weighted by Crippen LogP contribution is 2.26. The van der Waals surface area contributed by atoms with Gasteiger partial charge < -0.3 is 4.57 Å². The topological polar surface area (TPSA) is 46.5 Å². The Kier molecular flexibility index (Phi) is 2.83. The van der Waals surface area contributed by atoms with Gasteiger partial charge in [-0.1, -0.05) is 0 Å². The predicted octanol–water partition coefficient (Wildman–Crippen LogP) is 3.59. The number of nitriles is 1. The van der Waals surface area contributed by atoms with Crippen molar-refractivity contribution in [1.29, 1.82) is 5.26 Å². The minimum atomic E-state index is 0.331. The van der Waals surface area contributed by atoms with E-state index < -0.39 is 0 Å². The predicted molar refractivity (Wildman–Crippen MR) is 78.9 cm³/mol. The molecule has 0 N–H and O–H groups in total. The molecule has 3 aromatic rings. The molecule has 0 aliphatic rings. The van der Waals surface area contributed by atoms with Crippen LogP contribution in [0.15, 0.2) is 36.8 Å². The molecule has 0 amide bonds. The summed E-state index contributed by atoms with van der Waals surface area (Å²) in [6.45, 7) is 6.24. The van der Waals surface area contributed by atoms with Crippen LogP contribution in [0.5, 0.6) is 0 Å². The molecule has 4 nitrogen and oxygen atoms in total. The number of benzene rings is 1. The first-order chi connectivity index (χ1) is 9.60. The fraction of sp³-hybridized carbons (Fsp3) is 0.250. The summed E-state index contributed by atoms with van der Waals surface area (Å²) in [5.41, 5.74) is 3.89.